The summed E-state index contributed by atoms with van der Waals surface area (Å²) in [5, 5.41) is 2.70. The van der Waals surface area contributed by atoms with E-state index in [0.717, 1.165) is 12.8 Å². The van der Waals surface area contributed by atoms with E-state index >= 15 is 0 Å². The van der Waals surface area contributed by atoms with Gasteiger partial charge in [-0.3, -0.25) is 14.2 Å². The Balaban J connectivity index is 1.55. The fourth-order valence-electron chi connectivity index (χ4n) is 4.00. The van der Waals surface area contributed by atoms with Gasteiger partial charge in [0, 0.05) is 11.5 Å². The highest BCUT2D eigenvalue weighted by Gasteiger charge is 2.22. The first-order chi connectivity index (χ1) is 16.0. The zero-order valence-electron chi connectivity index (χ0n) is 18.9. The van der Waals surface area contributed by atoms with Gasteiger partial charge in [0.1, 0.15) is 17.3 Å². The predicted octanol–water partition coefficient (Wildman–Crippen LogP) is 4.22. The molecule has 0 aliphatic heterocycles. The molecule has 1 heterocycles. The van der Waals surface area contributed by atoms with Crippen molar-refractivity contribution >= 4 is 11.6 Å². The number of nitrogens with zero attached hydrogens (tertiary/aromatic N) is 2. The van der Waals surface area contributed by atoms with Gasteiger partial charge in [-0.25, -0.2) is 9.37 Å². The van der Waals surface area contributed by atoms with Crippen LogP contribution in [0.5, 0.6) is 0 Å². The van der Waals surface area contributed by atoms with Crippen molar-refractivity contribution in [2.24, 2.45) is 5.92 Å². The van der Waals surface area contributed by atoms with Crippen LogP contribution >= 0.6 is 0 Å². The molecule has 33 heavy (non-hydrogen) atoms. The molecule has 3 aromatic rings. The summed E-state index contributed by atoms with van der Waals surface area (Å²) in [5.74, 6) is -0.409. The summed E-state index contributed by atoms with van der Waals surface area (Å²) in [6.45, 7) is 4.30. The monoisotopic (exact) mass is 449 g/mol. The van der Waals surface area contributed by atoms with Crippen molar-refractivity contribution in [2.45, 2.75) is 45.8 Å². The van der Waals surface area contributed by atoms with Gasteiger partial charge in [-0.2, -0.15) is 0 Å². The normalized spacial score (nSPS) is 14.2. The molecule has 1 atom stereocenters. The summed E-state index contributed by atoms with van der Waals surface area (Å²) in [4.78, 5) is 30.0. The molecule has 0 bridgehead atoms. The van der Waals surface area contributed by atoms with Crippen molar-refractivity contribution in [1.82, 2.24) is 9.55 Å². The third kappa shape index (κ3) is 5.20. The summed E-state index contributed by atoms with van der Waals surface area (Å²) in [7, 11) is 0. The molecule has 4 rings (SSSR count). The summed E-state index contributed by atoms with van der Waals surface area (Å²) >= 11 is 0. The number of rotatable bonds is 8. The summed E-state index contributed by atoms with van der Waals surface area (Å²) in [6.07, 6.45) is 3.79. The highest BCUT2D eigenvalue weighted by molar-refractivity contribution is 5.92. The zero-order chi connectivity index (χ0) is 23.4. The molecular formula is C26H28FN3O3. The number of carbonyl (C=O) groups is 1. The van der Waals surface area contributed by atoms with Crippen LogP contribution in [-0.4, -0.2) is 28.2 Å². The van der Waals surface area contributed by atoms with E-state index in [4.69, 9.17) is 4.74 Å². The Morgan fingerprint density at radius 3 is 2.48 bits per heavy atom. The maximum Gasteiger partial charge on any atom is 0.277 e. The fraction of sp³-hybridized carbons (Fsp3) is 0.346. The van der Waals surface area contributed by atoms with Gasteiger partial charge in [0.25, 0.3) is 5.56 Å². The Morgan fingerprint density at radius 2 is 1.85 bits per heavy atom. The van der Waals surface area contributed by atoms with E-state index in [-0.39, 0.29) is 41.5 Å². The number of aromatic nitrogens is 2. The number of ether oxygens (including phenoxy) is 1. The predicted molar refractivity (Wildman–Crippen MR) is 126 cm³/mol. The van der Waals surface area contributed by atoms with E-state index in [0.29, 0.717) is 24.4 Å². The number of amides is 1. The van der Waals surface area contributed by atoms with E-state index in [2.05, 4.69) is 22.4 Å². The molecule has 0 unspecified atom stereocenters. The first-order valence-corrected chi connectivity index (χ1v) is 11.3. The average Bonchev–Trinajstić information content (AvgIpc) is 3.24. The maximum absolute atomic E-state index is 13.4. The number of benzene rings is 2. The quantitative estimate of drug-likeness (QED) is 0.559. The molecule has 1 amide bonds. The van der Waals surface area contributed by atoms with Crippen LogP contribution in [0.4, 0.5) is 10.1 Å². The van der Waals surface area contributed by atoms with E-state index in [1.807, 2.05) is 26.0 Å². The second kappa shape index (κ2) is 10.1. The molecule has 1 N–H and O–H groups in total. The van der Waals surface area contributed by atoms with E-state index < -0.39 is 0 Å². The number of anilines is 1. The van der Waals surface area contributed by atoms with Crippen molar-refractivity contribution in [3.8, 4) is 11.4 Å². The smallest absolute Gasteiger partial charge is 0.277 e. The minimum Gasteiger partial charge on any atom is -0.376 e. The maximum atomic E-state index is 13.4. The lowest BCUT2D eigenvalue weighted by Crippen LogP contribution is -2.31. The lowest BCUT2D eigenvalue weighted by atomic mass is 10.1. The third-order valence-corrected chi connectivity index (χ3v) is 6.15. The van der Waals surface area contributed by atoms with Gasteiger partial charge < -0.3 is 10.1 Å². The van der Waals surface area contributed by atoms with Crippen molar-refractivity contribution in [1.29, 1.82) is 0 Å². The van der Waals surface area contributed by atoms with Gasteiger partial charge in [0.2, 0.25) is 5.91 Å². The van der Waals surface area contributed by atoms with E-state index in [9.17, 15) is 14.0 Å². The molecule has 7 heteroatoms. The molecule has 0 spiro atoms. The number of hydrogen-bond donors (Lipinski definition) is 1. The minimum atomic E-state index is -0.366. The largest absolute Gasteiger partial charge is 0.376 e. The number of fused-ring (bicyclic) bond motifs is 1. The van der Waals surface area contributed by atoms with Gasteiger partial charge in [0.05, 0.1) is 25.5 Å². The van der Waals surface area contributed by atoms with Gasteiger partial charge in [-0.05, 0) is 54.7 Å². The van der Waals surface area contributed by atoms with Crippen LogP contribution in [0.3, 0.4) is 0 Å². The first kappa shape index (κ1) is 22.9. The molecule has 0 saturated heterocycles. The molecule has 0 radical (unpaired) electrons. The first-order valence-electron chi connectivity index (χ1n) is 11.3. The van der Waals surface area contributed by atoms with Gasteiger partial charge in [0.15, 0.2) is 0 Å². The van der Waals surface area contributed by atoms with Crippen LogP contribution in [0.25, 0.3) is 11.4 Å². The highest BCUT2D eigenvalue weighted by Crippen LogP contribution is 2.24. The second-order valence-electron chi connectivity index (χ2n) is 8.43. The average molecular weight is 450 g/mol. The second-order valence-corrected chi connectivity index (χ2v) is 8.43. The fourth-order valence-corrected chi connectivity index (χ4v) is 4.00. The lowest BCUT2D eigenvalue weighted by molar-refractivity contribution is -0.119. The Morgan fingerprint density at radius 1 is 1.18 bits per heavy atom. The molecule has 1 aromatic heterocycles. The van der Waals surface area contributed by atoms with Gasteiger partial charge >= 0.3 is 0 Å². The summed E-state index contributed by atoms with van der Waals surface area (Å²) in [6, 6.07) is 14.1. The Hall–Kier alpha value is -3.32. The molecule has 172 valence electrons. The minimum absolute atomic E-state index is 0.0635. The summed E-state index contributed by atoms with van der Waals surface area (Å²) in [5.41, 5.74) is 2.96. The van der Waals surface area contributed by atoms with Gasteiger partial charge in [-0.1, -0.05) is 38.1 Å². The molecular weight excluding hydrogens is 421 g/mol. The molecule has 0 saturated carbocycles. The number of halogens is 1. The van der Waals surface area contributed by atoms with Crippen LogP contribution in [0.15, 0.2) is 59.5 Å². The summed E-state index contributed by atoms with van der Waals surface area (Å²) < 4.78 is 21.0. The van der Waals surface area contributed by atoms with E-state index in [1.54, 1.807) is 12.1 Å². The molecule has 6 nitrogen and oxygen atoms in total. The van der Waals surface area contributed by atoms with E-state index in [1.165, 1.54) is 34.0 Å². The standard InChI is InChI=1S/C26H28FN3O3/c1-3-17(2)25(31)29-23-16-28-24(18-8-10-21(27)11-9-18)30(26(23)32)12-13-33-22-14-19-6-4-5-7-20(19)15-22/h4-11,16-17,22H,3,12-15H2,1-2H3,(H,29,31)/t17-/m1/s1. The van der Waals surface area contributed by atoms with Crippen molar-refractivity contribution < 1.29 is 13.9 Å². The number of nitrogens with one attached hydrogen (secondary N) is 1. The van der Waals surface area contributed by atoms with Crippen LogP contribution in [0.2, 0.25) is 0 Å². The van der Waals surface area contributed by atoms with Crippen LogP contribution in [0.1, 0.15) is 31.4 Å². The zero-order valence-corrected chi connectivity index (χ0v) is 18.9. The Bertz CT molecular complexity index is 1170. The molecule has 1 aliphatic carbocycles. The molecule has 0 fully saturated rings. The molecule has 1 aliphatic rings. The van der Waals surface area contributed by atoms with Gasteiger partial charge in [-0.15, -0.1) is 0 Å². The van der Waals surface area contributed by atoms with Crippen molar-refractivity contribution in [2.75, 3.05) is 11.9 Å². The lowest BCUT2D eigenvalue weighted by Gasteiger charge is -2.17. The van der Waals surface area contributed by atoms with Crippen LogP contribution in [-0.2, 0) is 28.9 Å². The topological polar surface area (TPSA) is 73.2 Å². The van der Waals surface area contributed by atoms with Crippen molar-refractivity contribution in [3.05, 3.63) is 82.0 Å². The SMILES string of the molecule is CC[C@@H](C)C(=O)Nc1cnc(-c2ccc(F)cc2)n(CCOC2Cc3ccccc3C2)c1=O. The molecule has 2 aromatic carbocycles. The third-order valence-electron chi connectivity index (χ3n) is 6.15. The van der Waals surface area contributed by atoms with Crippen LogP contribution < -0.4 is 10.9 Å². The highest BCUT2D eigenvalue weighted by atomic mass is 19.1. The Labute approximate surface area is 192 Å². The Kier molecular flexibility index (Phi) is 6.99. The van der Waals surface area contributed by atoms with Crippen LogP contribution in [0, 0.1) is 11.7 Å². The number of hydrogen-bond acceptors (Lipinski definition) is 4. The number of carbonyl (C=O) groups excluding carboxylic acids is 1. The van der Waals surface area contributed by atoms with Crippen molar-refractivity contribution in [3.63, 3.8) is 0 Å².